The van der Waals surface area contributed by atoms with Gasteiger partial charge in [0, 0.05) is 24.0 Å². The average Bonchev–Trinajstić information content (AvgIpc) is 2.78. The molecule has 2 rings (SSSR count). The van der Waals surface area contributed by atoms with Crippen LogP contribution in [0.1, 0.15) is 27.4 Å². The lowest BCUT2D eigenvalue weighted by Gasteiger charge is -2.31. The van der Waals surface area contributed by atoms with Crippen molar-refractivity contribution in [3.63, 3.8) is 0 Å². The molecule has 0 aromatic carbocycles. The predicted molar refractivity (Wildman–Crippen MR) is 73.7 cm³/mol. The molecule has 1 aromatic heterocycles. The Morgan fingerprint density at radius 3 is 2.70 bits per heavy atom. The van der Waals surface area contributed by atoms with Crippen molar-refractivity contribution in [2.24, 2.45) is 0 Å². The number of nitrogens with one attached hydrogen (secondary N) is 1. The van der Waals surface area contributed by atoms with Gasteiger partial charge >= 0.3 is 6.61 Å². The molecule has 0 spiro atoms. The van der Waals surface area contributed by atoms with Crippen LogP contribution in [-0.2, 0) is 0 Å². The molecule has 1 N–H and O–H groups in total. The number of halogens is 2. The van der Waals surface area contributed by atoms with Crippen molar-refractivity contribution in [1.82, 2.24) is 10.2 Å². The van der Waals surface area contributed by atoms with E-state index in [9.17, 15) is 13.6 Å². The summed E-state index contributed by atoms with van der Waals surface area (Å²) >= 11 is 1.20. The SMILES string of the molecule is CNC1CCN(C(=O)c2sc(C)cc2OC(F)F)CC1. The molecule has 0 aliphatic carbocycles. The number of hydrogen-bond acceptors (Lipinski definition) is 4. The second kappa shape index (κ2) is 6.49. The molecule has 0 atom stereocenters. The lowest BCUT2D eigenvalue weighted by atomic mass is 10.1. The molecule has 1 amide bonds. The Hall–Kier alpha value is -1.21. The molecule has 0 radical (unpaired) electrons. The van der Waals surface area contributed by atoms with Crippen molar-refractivity contribution < 1.29 is 18.3 Å². The van der Waals surface area contributed by atoms with Crippen LogP contribution in [0.2, 0.25) is 0 Å². The van der Waals surface area contributed by atoms with Crippen LogP contribution in [-0.4, -0.2) is 43.6 Å². The summed E-state index contributed by atoms with van der Waals surface area (Å²) < 4.78 is 29.2. The van der Waals surface area contributed by atoms with E-state index >= 15 is 0 Å². The minimum atomic E-state index is -2.91. The number of thiophene rings is 1. The Kier molecular flexibility index (Phi) is 4.93. The molecule has 7 heteroatoms. The maximum Gasteiger partial charge on any atom is 0.387 e. The topological polar surface area (TPSA) is 41.6 Å². The van der Waals surface area contributed by atoms with Crippen molar-refractivity contribution >= 4 is 17.2 Å². The van der Waals surface area contributed by atoms with E-state index in [0.29, 0.717) is 19.1 Å². The number of carbonyl (C=O) groups is 1. The number of nitrogens with zero attached hydrogens (tertiary/aromatic N) is 1. The van der Waals surface area contributed by atoms with E-state index in [1.54, 1.807) is 11.8 Å². The van der Waals surface area contributed by atoms with Gasteiger partial charge < -0.3 is 15.0 Å². The minimum Gasteiger partial charge on any atom is -0.433 e. The third kappa shape index (κ3) is 3.46. The lowest BCUT2D eigenvalue weighted by molar-refractivity contribution is -0.0499. The molecule has 2 heterocycles. The van der Waals surface area contributed by atoms with Crippen LogP contribution in [0.3, 0.4) is 0 Å². The fourth-order valence-electron chi connectivity index (χ4n) is 2.34. The summed E-state index contributed by atoms with van der Waals surface area (Å²) in [6, 6.07) is 1.91. The smallest absolute Gasteiger partial charge is 0.387 e. The summed E-state index contributed by atoms with van der Waals surface area (Å²) in [5.41, 5.74) is 0. The molecule has 0 unspecified atom stereocenters. The molecule has 112 valence electrons. The zero-order valence-electron chi connectivity index (χ0n) is 11.5. The van der Waals surface area contributed by atoms with Gasteiger partial charge in [0.1, 0.15) is 10.6 Å². The Balaban J connectivity index is 2.09. The second-order valence-electron chi connectivity index (χ2n) is 4.78. The molecule has 1 aromatic rings. The summed E-state index contributed by atoms with van der Waals surface area (Å²) in [4.78, 5) is 15.2. The van der Waals surface area contributed by atoms with Gasteiger partial charge in [0.05, 0.1) is 0 Å². The number of hydrogen-bond donors (Lipinski definition) is 1. The minimum absolute atomic E-state index is 0.0109. The largest absolute Gasteiger partial charge is 0.433 e. The van der Waals surface area contributed by atoms with Crippen molar-refractivity contribution in [3.8, 4) is 5.75 Å². The highest BCUT2D eigenvalue weighted by Crippen LogP contribution is 2.32. The highest BCUT2D eigenvalue weighted by Gasteiger charge is 2.27. The molecular weight excluding hydrogens is 286 g/mol. The highest BCUT2D eigenvalue weighted by molar-refractivity contribution is 7.14. The number of amides is 1. The number of piperidine rings is 1. The van der Waals surface area contributed by atoms with Gasteiger partial charge in [-0.15, -0.1) is 11.3 Å². The number of alkyl halides is 2. The van der Waals surface area contributed by atoms with E-state index in [2.05, 4.69) is 10.1 Å². The van der Waals surface area contributed by atoms with Crippen molar-refractivity contribution in [2.75, 3.05) is 20.1 Å². The molecule has 0 bridgehead atoms. The normalized spacial score (nSPS) is 16.8. The van der Waals surface area contributed by atoms with E-state index in [0.717, 1.165) is 17.7 Å². The first-order valence-corrected chi connectivity index (χ1v) is 7.34. The van der Waals surface area contributed by atoms with Crippen LogP contribution in [0, 0.1) is 6.92 Å². The number of ether oxygens (including phenoxy) is 1. The van der Waals surface area contributed by atoms with E-state index in [1.165, 1.54) is 17.4 Å². The zero-order chi connectivity index (χ0) is 14.7. The van der Waals surface area contributed by atoms with Gasteiger partial charge in [-0.3, -0.25) is 4.79 Å². The van der Waals surface area contributed by atoms with Gasteiger partial charge in [-0.1, -0.05) is 0 Å². The predicted octanol–water partition coefficient (Wildman–Crippen LogP) is 2.48. The van der Waals surface area contributed by atoms with E-state index < -0.39 is 6.61 Å². The number of rotatable bonds is 4. The van der Waals surface area contributed by atoms with E-state index in [4.69, 9.17) is 0 Å². The Labute approximate surface area is 120 Å². The third-order valence-corrected chi connectivity index (χ3v) is 4.44. The zero-order valence-corrected chi connectivity index (χ0v) is 12.3. The molecule has 1 fully saturated rings. The maximum absolute atomic E-state index is 12.4. The van der Waals surface area contributed by atoms with E-state index in [-0.39, 0.29) is 16.5 Å². The first-order chi connectivity index (χ1) is 9.51. The van der Waals surface area contributed by atoms with Crippen LogP contribution in [0.5, 0.6) is 5.75 Å². The van der Waals surface area contributed by atoms with Gasteiger partial charge in [0.15, 0.2) is 0 Å². The number of likely N-dealkylation sites (tertiary alicyclic amines) is 1. The monoisotopic (exact) mass is 304 g/mol. The highest BCUT2D eigenvalue weighted by atomic mass is 32.1. The molecule has 0 saturated carbocycles. The number of carbonyl (C=O) groups excluding carboxylic acids is 1. The van der Waals surface area contributed by atoms with Crippen LogP contribution >= 0.6 is 11.3 Å². The summed E-state index contributed by atoms with van der Waals surface area (Å²) in [6.07, 6.45) is 1.75. The van der Waals surface area contributed by atoms with Gasteiger partial charge in [-0.25, -0.2) is 0 Å². The van der Waals surface area contributed by atoms with Gasteiger partial charge in [0.25, 0.3) is 5.91 Å². The summed E-state index contributed by atoms with van der Waals surface area (Å²) in [7, 11) is 1.90. The van der Waals surface area contributed by atoms with Crippen molar-refractivity contribution in [3.05, 3.63) is 15.8 Å². The Morgan fingerprint density at radius 2 is 2.15 bits per heavy atom. The second-order valence-corrected chi connectivity index (χ2v) is 6.04. The third-order valence-electron chi connectivity index (χ3n) is 3.42. The fraction of sp³-hybridized carbons (Fsp3) is 0.615. The first-order valence-electron chi connectivity index (χ1n) is 6.53. The van der Waals surface area contributed by atoms with Gasteiger partial charge in [-0.05, 0) is 32.9 Å². The van der Waals surface area contributed by atoms with Crippen LogP contribution in [0.15, 0.2) is 6.07 Å². The Morgan fingerprint density at radius 1 is 1.50 bits per heavy atom. The molecule has 1 aliphatic heterocycles. The van der Waals surface area contributed by atoms with Crippen LogP contribution < -0.4 is 10.1 Å². The molecule has 1 saturated heterocycles. The molecule has 1 aliphatic rings. The van der Waals surface area contributed by atoms with E-state index in [1.807, 2.05) is 7.05 Å². The summed E-state index contributed by atoms with van der Waals surface area (Å²) in [5.74, 6) is -0.225. The quantitative estimate of drug-likeness (QED) is 0.929. The van der Waals surface area contributed by atoms with Crippen LogP contribution in [0.25, 0.3) is 0 Å². The summed E-state index contributed by atoms with van der Waals surface area (Å²) in [6.45, 7) is 0.128. The van der Waals surface area contributed by atoms with Gasteiger partial charge in [-0.2, -0.15) is 8.78 Å². The van der Waals surface area contributed by atoms with Gasteiger partial charge in [0.2, 0.25) is 0 Å². The first kappa shape index (κ1) is 15.2. The molecular formula is C13H18F2N2O2S. The standard InChI is InChI=1S/C13H18F2N2O2S/c1-8-7-10(19-13(14)15)11(20-8)12(18)17-5-3-9(16-2)4-6-17/h7,9,13,16H,3-6H2,1-2H3. The Bertz CT molecular complexity index is 471. The fourth-order valence-corrected chi connectivity index (χ4v) is 3.25. The molecule has 4 nitrogen and oxygen atoms in total. The number of aryl methyl sites for hydroxylation is 1. The lowest BCUT2D eigenvalue weighted by Crippen LogP contribution is -2.43. The summed E-state index contributed by atoms with van der Waals surface area (Å²) in [5, 5.41) is 3.19. The average molecular weight is 304 g/mol. The molecule has 20 heavy (non-hydrogen) atoms. The van der Waals surface area contributed by atoms with Crippen molar-refractivity contribution in [2.45, 2.75) is 32.4 Å². The van der Waals surface area contributed by atoms with Crippen LogP contribution in [0.4, 0.5) is 8.78 Å². The van der Waals surface area contributed by atoms with Crippen molar-refractivity contribution in [1.29, 1.82) is 0 Å². The maximum atomic E-state index is 12.4.